The van der Waals surface area contributed by atoms with Crippen LogP contribution in [0.3, 0.4) is 0 Å². The fourth-order valence-corrected chi connectivity index (χ4v) is 3.30. The number of fused-ring (bicyclic) bond motifs is 1. The Hall–Kier alpha value is -1.56. The van der Waals surface area contributed by atoms with Crippen molar-refractivity contribution in [2.75, 3.05) is 25.1 Å². The normalized spacial score (nSPS) is 22.2. The van der Waals surface area contributed by atoms with Crippen molar-refractivity contribution >= 4 is 33.4 Å². The lowest BCUT2D eigenvalue weighted by Gasteiger charge is -2.36. The molecule has 0 aliphatic carbocycles. The molecule has 2 fully saturated rings. The van der Waals surface area contributed by atoms with Crippen molar-refractivity contribution < 1.29 is 14.3 Å². The predicted octanol–water partition coefficient (Wildman–Crippen LogP) is 1.80. The van der Waals surface area contributed by atoms with Crippen LogP contribution in [0.4, 0.5) is 5.69 Å². The van der Waals surface area contributed by atoms with E-state index in [0.29, 0.717) is 18.0 Å². The molecule has 2 amide bonds. The topological polar surface area (TPSA) is 49.9 Å². The van der Waals surface area contributed by atoms with Crippen molar-refractivity contribution in [2.45, 2.75) is 18.9 Å². The number of piperazine rings is 1. The molecule has 0 saturated carbocycles. The van der Waals surface area contributed by atoms with E-state index in [1.165, 1.54) is 0 Å². The number of nitrogens with zero attached hydrogens (tertiary/aromatic N) is 2. The zero-order valence-electron chi connectivity index (χ0n) is 11.1. The monoisotopic (exact) mass is 338 g/mol. The third-order valence-electron chi connectivity index (χ3n) is 3.86. The zero-order chi connectivity index (χ0) is 14.3. The average molecular weight is 339 g/mol. The molecule has 0 radical (unpaired) electrons. The Morgan fingerprint density at radius 2 is 2.15 bits per heavy atom. The highest BCUT2D eigenvalue weighted by molar-refractivity contribution is 9.10. The minimum Gasteiger partial charge on any atom is -0.497 e. The van der Waals surface area contributed by atoms with E-state index in [9.17, 15) is 9.59 Å². The second kappa shape index (κ2) is 5.09. The molecule has 0 spiro atoms. The molecular weight excluding hydrogens is 324 g/mol. The van der Waals surface area contributed by atoms with Gasteiger partial charge in [-0.3, -0.25) is 14.5 Å². The van der Waals surface area contributed by atoms with Crippen molar-refractivity contribution in [1.29, 1.82) is 0 Å². The summed E-state index contributed by atoms with van der Waals surface area (Å²) in [6.07, 6.45) is 1.65. The number of carbonyl (C=O) groups excluding carboxylic acids is 2. The van der Waals surface area contributed by atoms with Gasteiger partial charge in [0.2, 0.25) is 11.8 Å². The number of hydrogen-bond acceptors (Lipinski definition) is 3. The highest BCUT2D eigenvalue weighted by Crippen LogP contribution is 2.34. The molecule has 1 atom stereocenters. The predicted molar refractivity (Wildman–Crippen MR) is 77.8 cm³/mol. The van der Waals surface area contributed by atoms with Crippen LogP contribution in [0.5, 0.6) is 5.75 Å². The highest BCUT2D eigenvalue weighted by Gasteiger charge is 2.42. The van der Waals surface area contributed by atoms with Gasteiger partial charge in [0.05, 0.1) is 12.8 Å². The molecule has 2 aliphatic heterocycles. The first kappa shape index (κ1) is 13.4. The van der Waals surface area contributed by atoms with Crippen molar-refractivity contribution in [3.63, 3.8) is 0 Å². The Kier molecular flexibility index (Phi) is 3.41. The van der Waals surface area contributed by atoms with Crippen LogP contribution in [0, 0.1) is 0 Å². The number of anilines is 1. The standard InChI is InChI=1S/C14H15BrN2O3/c1-20-9-4-5-10(15)12(7-9)17-8-13(18)16-6-2-3-11(16)14(17)19/h4-5,7,11H,2-3,6,8H2,1H3. The first-order valence-corrected chi connectivity index (χ1v) is 7.35. The molecule has 5 nitrogen and oxygen atoms in total. The van der Waals surface area contributed by atoms with E-state index in [0.717, 1.165) is 17.3 Å². The summed E-state index contributed by atoms with van der Waals surface area (Å²) in [5.41, 5.74) is 0.689. The lowest BCUT2D eigenvalue weighted by molar-refractivity contribution is -0.140. The maximum absolute atomic E-state index is 12.6. The summed E-state index contributed by atoms with van der Waals surface area (Å²) in [7, 11) is 1.58. The van der Waals surface area contributed by atoms with Crippen LogP contribution in [-0.2, 0) is 9.59 Å². The molecule has 6 heteroatoms. The van der Waals surface area contributed by atoms with Gasteiger partial charge in [-0.15, -0.1) is 0 Å². The van der Waals surface area contributed by atoms with E-state index in [-0.39, 0.29) is 24.4 Å². The number of ether oxygens (including phenoxy) is 1. The fourth-order valence-electron chi connectivity index (χ4n) is 2.84. The molecule has 3 rings (SSSR count). The van der Waals surface area contributed by atoms with Crippen LogP contribution in [0.1, 0.15) is 12.8 Å². The van der Waals surface area contributed by atoms with Gasteiger partial charge in [-0.25, -0.2) is 0 Å². The lowest BCUT2D eigenvalue weighted by atomic mass is 10.1. The molecule has 0 bridgehead atoms. The SMILES string of the molecule is COc1ccc(Br)c(N2CC(=O)N3CCCC3C2=O)c1. The minimum absolute atomic E-state index is 0.00365. The van der Waals surface area contributed by atoms with Gasteiger partial charge in [0.25, 0.3) is 0 Å². The summed E-state index contributed by atoms with van der Waals surface area (Å²) in [5.74, 6) is 0.676. The van der Waals surface area contributed by atoms with Crippen molar-refractivity contribution in [2.24, 2.45) is 0 Å². The molecule has 20 heavy (non-hydrogen) atoms. The molecule has 1 unspecified atom stereocenters. The van der Waals surface area contributed by atoms with Crippen molar-refractivity contribution in [3.05, 3.63) is 22.7 Å². The number of carbonyl (C=O) groups is 2. The largest absolute Gasteiger partial charge is 0.497 e. The van der Waals surface area contributed by atoms with E-state index in [1.54, 1.807) is 23.0 Å². The van der Waals surface area contributed by atoms with Crippen LogP contribution >= 0.6 is 15.9 Å². The molecule has 106 valence electrons. The smallest absolute Gasteiger partial charge is 0.250 e. The highest BCUT2D eigenvalue weighted by atomic mass is 79.9. The summed E-state index contributed by atoms with van der Waals surface area (Å²) in [4.78, 5) is 28.0. The Bertz CT molecular complexity index is 576. The number of methoxy groups -OCH3 is 1. The van der Waals surface area contributed by atoms with Crippen molar-refractivity contribution in [1.82, 2.24) is 4.90 Å². The molecule has 2 heterocycles. The average Bonchev–Trinajstić information content (AvgIpc) is 2.94. The van der Waals surface area contributed by atoms with Crippen LogP contribution in [0.15, 0.2) is 22.7 Å². The van der Waals surface area contributed by atoms with E-state index in [4.69, 9.17) is 4.74 Å². The fraction of sp³-hybridized carbons (Fsp3) is 0.429. The molecular formula is C14H15BrN2O3. The van der Waals surface area contributed by atoms with Gasteiger partial charge in [-0.05, 0) is 40.9 Å². The van der Waals surface area contributed by atoms with Crippen LogP contribution < -0.4 is 9.64 Å². The Balaban J connectivity index is 1.97. The maximum Gasteiger partial charge on any atom is 0.250 e. The van der Waals surface area contributed by atoms with E-state index >= 15 is 0 Å². The van der Waals surface area contributed by atoms with Gasteiger partial charge in [0.15, 0.2) is 0 Å². The number of hydrogen-bond donors (Lipinski definition) is 0. The minimum atomic E-state index is -0.297. The molecule has 2 aliphatic rings. The number of amides is 2. The second-order valence-electron chi connectivity index (χ2n) is 4.99. The number of halogens is 1. The lowest BCUT2D eigenvalue weighted by Crippen LogP contribution is -2.57. The number of benzene rings is 1. The van der Waals surface area contributed by atoms with Gasteiger partial charge in [0, 0.05) is 17.1 Å². The molecule has 2 saturated heterocycles. The quantitative estimate of drug-likeness (QED) is 0.826. The first-order valence-electron chi connectivity index (χ1n) is 6.56. The Labute approximate surface area is 125 Å². The van der Waals surface area contributed by atoms with E-state index < -0.39 is 0 Å². The number of rotatable bonds is 2. The third kappa shape index (κ3) is 2.08. The second-order valence-corrected chi connectivity index (χ2v) is 5.84. The summed E-state index contributed by atoms with van der Waals surface area (Å²) >= 11 is 3.44. The van der Waals surface area contributed by atoms with Gasteiger partial charge < -0.3 is 9.64 Å². The Morgan fingerprint density at radius 1 is 1.35 bits per heavy atom. The molecule has 0 aromatic heterocycles. The molecule has 0 N–H and O–H groups in total. The summed E-state index contributed by atoms with van der Waals surface area (Å²) in [5, 5.41) is 0. The molecule has 1 aromatic carbocycles. The van der Waals surface area contributed by atoms with E-state index in [2.05, 4.69) is 15.9 Å². The van der Waals surface area contributed by atoms with Crippen LogP contribution in [-0.4, -0.2) is 43.0 Å². The van der Waals surface area contributed by atoms with Gasteiger partial charge in [-0.2, -0.15) is 0 Å². The molecule has 1 aromatic rings. The van der Waals surface area contributed by atoms with Crippen LogP contribution in [0.25, 0.3) is 0 Å². The summed E-state index contributed by atoms with van der Waals surface area (Å²) in [6, 6.07) is 5.12. The maximum atomic E-state index is 12.6. The van der Waals surface area contributed by atoms with Gasteiger partial charge in [0.1, 0.15) is 18.3 Å². The summed E-state index contributed by atoms with van der Waals surface area (Å²) < 4.78 is 5.98. The first-order chi connectivity index (χ1) is 9.61. The van der Waals surface area contributed by atoms with Crippen LogP contribution in [0.2, 0.25) is 0 Å². The Morgan fingerprint density at radius 3 is 2.90 bits per heavy atom. The van der Waals surface area contributed by atoms with Gasteiger partial charge >= 0.3 is 0 Å². The van der Waals surface area contributed by atoms with E-state index in [1.807, 2.05) is 12.1 Å². The van der Waals surface area contributed by atoms with Crippen molar-refractivity contribution in [3.8, 4) is 5.75 Å². The zero-order valence-corrected chi connectivity index (χ0v) is 12.7. The third-order valence-corrected chi connectivity index (χ3v) is 4.53. The van der Waals surface area contributed by atoms with Gasteiger partial charge in [-0.1, -0.05) is 0 Å². The summed E-state index contributed by atoms with van der Waals surface area (Å²) in [6.45, 7) is 0.795.